The van der Waals surface area contributed by atoms with E-state index >= 15 is 0 Å². The van der Waals surface area contributed by atoms with E-state index in [2.05, 4.69) is 46.1 Å². The molecular weight excluding hydrogens is 673 g/mol. The number of hydrogen-bond acceptors (Lipinski definition) is 5. The van der Waals surface area contributed by atoms with Crippen molar-refractivity contribution in [1.29, 1.82) is 0 Å². The highest BCUT2D eigenvalue weighted by Crippen LogP contribution is 2.29. The molecule has 8 rings (SSSR count). The zero-order valence-corrected chi connectivity index (χ0v) is 28.6. The topological polar surface area (TPSA) is 78.0 Å². The zero-order chi connectivity index (χ0) is 34.9. The molecule has 6 aromatic carbocycles. The van der Waals surface area contributed by atoms with E-state index in [1.165, 1.54) is 22.7 Å². The Morgan fingerprint density at radius 3 is 1.39 bits per heavy atom. The summed E-state index contributed by atoms with van der Waals surface area (Å²) in [4.78, 5) is 36.5. The Morgan fingerprint density at radius 2 is 0.980 bits per heavy atom. The van der Waals surface area contributed by atoms with Crippen molar-refractivity contribution in [2.75, 3.05) is 0 Å². The first-order valence-corrected chi connectivity index (χ1v) is 17.6. The van der Waals surface area contributed by atoms with Gasteiger partial charge in [-0.2, -0.15) is 9.98 Å². The Bertz CT molecular complexity index is 2700. The fourth-order valence-corrected chi connectivity index (χ4v) is 8.35. The summed E-state index contributed by atoms with van der Waals surface area (Å²) in [6.07, 6.45) is 11.4. The number of rotatable bonds is 6. The fourth-order valence-electron chi connectivity index (χ4n) is 6.03. The van der Waals surface area contributed by atoms with Gasteiger partial charge < -0.3 is 13.9 Å². The van der Waals surface area contributed by atoms with Gasteiger partial charge in [0.2, 0.25) is 0 Å². The molecule has 0 aliphatic heterocycles. The summed E-state index contributed by atoms with van der Waals surface area (Å²) in [5.74, 6) is 5.65. The smallest absolute Gasteiger partial charge is 0.279 e. The third-order valence-electron chi connectivity index (χ3n) is 8.48. The summed E-state index contributed by atoms with van der Waals surface area (Å²) in [7, 11) is 0. The third kappa shape index (κ3) is 6.02. The summed E-state index contributed by atoms with van der Waals surface area (Å²) in [5.41, 5.74) is 2.70. The molecule has 8 aromatic rings. The van der Waals surface area contributed by atoms with E-state index in [0.29, 0.717) is 45.3 Å². The molecule has 0 radical (unpaired) electrons. The Morgan fingerprint density at radius 1 is 0.569 bits per heavy atom. The van der Waals surface area contributed by atoms with Crippen molar-refractivity contribution in [2.45, 2.75) is 13.1 Å². The number of terminal acetylenes is 2. The Labute approximate surface area is 300 Å². The van der Waals surface area contributed by atoms with Gasteiger partial charge >= 0.3 is 0 Å². The number of aromatic nitrogens is 2. The number of amides is 2. The predicted octanol–water partition coefficient (Wildman–Crippen LogP) is 8.57. The SMILES string of the molecule is C#CCn1c(=NC(=O)c2ccc(Oc3ccc(C(=O)N=c4sc5c6ccccc6ccc5n4CC#C)cc3)cc2)sc2c3ccccc3ccc21. The second kappa shape index (κ2) is 13.4. The van der Waals surface area contributed by atoms with Crippen LogP contribution in [0.5, 0.6) is 11.5 Å². The number of thiazole rings is 2. The summed E-state index contributed by atoms with van der Waals surface area (Å²) < 4.78 is 11.9. The summed E-state index contributed by atoms with van der Waals surface area (Å²) in [6, 6.07) is 37.9. The van der Waals surface area contributed by atoms with E-state index in [-0.39, 0.29) is 11.8 Å². The molecule has 2 aromatic heterocycles. The maximum absolute atomic E-state index is 13.3. The summed E-state index contributed by atoms with van der Waals surface area (Å²) in [6.45, 7) is 0.591. The number of fused-ring (bicyclic) bond motifs is 6. The number of carbonyl (C=O) groups excluding carboxylic acids is 2. The van der Waals surface area contributed by atoms with Gasteiger partial charge in [-0.3, -0.25) is 9.59 Å². The van der Waals surface area contributed by atoms with Crippen molar-refractivity contribution in [3.8, 4) is 36.2 Å². The van der Waals surface area contributed by atoms with E-state index in [9.17, 15) is 9.59 Å². The van der Waals surface area contributed by atoms with Gasteiger partial charge in [0, 0.05) is 21.9 Å². The van der Waals surface area contributed by atoms with Crippen molar-refractivity contribution in [1.82, 2.24) is 9.13 Å². The number of ether oxygens (including phenoxy) is 1. The van der Waals surface area contributed by atoms with Crippen LogP contribution in [-0.2, 0) is 13.1 Å². The van der Waals surface area contributed by atoms with Gasteiger partial charge in [0.1, 0.15) is 11.5 Å². The molecule has 2 amide bonds. The monoisotopic (exact) mass is 698 g/mol. The molecule has 9 heteroatoms. The molecular formula is C42H26N4O3S2. The largest absolute Gasteiger partial charge is 0.457 e. The Balaban J connectivity index is 1.01. The van der Waals surface area contributed by atoms with Crippen molar-refractivity contribution < 1.29 is 14.3 Å². The molecule has 0 spiro atoms. The van der Waals surface area contributed by atoms with E-state index in [1.54, 1.807) is 48.5 Å². The van der Waals surface area contributed by atoms with Crippen LogP contribution in [0.3, 0.4) is 0 Å². The molecule has 0 saturated heterocycles. The average Bonchev–Trinajstić information content (AvgIpc) is 3.69. The zero-order valence-electron chi connectivity index (χ0n) is 26.9. The Kier molecular flexibility index (Phi) is 8.35. The lowest BCUT2D eigenvalue weighted by atomic mass is 10.1. The second-order valence-corrected chi connectivity index (χ2v) is 13.6. The van der Waals surface area contributed by atoms with Gasteiger partial charge in [0.05, 0.1) is 33.5 Å². The van der Waals surface area contributed by atoms with E-state index in [1.807, 2.05) is 57.7 Å². The highest BCUT2D eigenvalue weighted by molar-refractivity contribution is 7.17. The molecule has 0 aliphatic carbocycles. The van der Waals surface area contributed by atoms with Gasteiger partial charge in [-0.1, -0.05) is 95.2 Å². The van der Waals surface area contributed by atoms with Crippen molar-refractivity contribution in [2.24, 2.45) is 9.98 Å². The predicted molar refractivity (Wildman–Crippen MR) is 205 cm³/mol. The standard InChI is InChI=1S/C42H26N4O3S2/c1-3-25-45-35-23-17-27-9-5-7-11-33(27)37(35)50-41(45)43-39(47)29-13-19-31(20-14-29)49-32-21-15-30(16-22-32)40(48)44-42-46(26-4-2)36-24-18-28-10-6-8-12-34(28)38(36)51-42/h1-2,5-24H,25-26H2. The van der Waals surface area contributed by atoms with Crippen molar-refractivity contribution in [3.05, 3.63) is 142 Å². The van der Waals surface area contributed by atoms with E-state index in [0.717, 1.165) is 42.0 Å². The third-order valence-corrected chi connectivity index (χ3v) is 10.7. The van der Waals surface area contributed by atoms with E-state index in [4.69, 9.17) is 17.6 Å². The number of hydrogen-bond donors (Lipinski definition) is 0. The number of benzene rings is 6. The van der Waals surface area contributed by atoms with Gasteiger partial charge in [-0.15, -0.1) is 12.8 Å². The molecule has 0 fully saturated rings. The van der Waals surface area contributed by atoms with Crippen molar-refractivity contribution in [3.63, 3.8) is 0 Å². The summed E-state index contributed by atoms with van der Waals surface area (Å²) >= 11 is 2.89. The highest BCUT2D eigenvalue weighted by atomic mass is 32.1. The quantitative estimate of drug-likeness (QED) is 0.163. The fraction of sp³-hybridized carbons (Fsp3) is 0.0476. The second-order valence-electron chi connectivity index (χ2n) is 11.6. The maximum atomic E-state index is 13.3. The molecule has 0 unspecified atom stereocenters. The molecule has 2 heterocycles. The van der Waals surface area contributed by atoms with Gasteiger partial charge in [0.15, 0.2) is 9.60 Å². The minimum absolute atomic E-state index is 0.296. The molecule has 51 heavy (non-hydrogen) atoms. The van der Waals surface area contributed by atoms with E-state index < -0.39 is 0 Å². The number of carbonyl (C=O) groups is 2. The summed E-state index contributed by atoms with van der Waals surface area (Å²) in [5, 5.41) is 4.40. The molecule has 0 saturated carbocycles. The molecule has 244 valence electrons. The Hall–Kier alpha value is -6.52. The van der Waals surface area contributed by atoms with Crippen LogP contribution in [0.4, 0.5) is 0 Å². The first-order valence-electron chi connectivity index (χ1n) is 16.0. The van der Waals surface area contributed by atoms with Crippen LogP contribution in [0.25, 0.3) is 42.0 Å². The molecule has 0 atom stereocenters. The minimum Gasteiger partial charge on any atom is -0.457 e. The highest BCUT2D eigenvalue weighted by Gasteiger charge is 2.14. The van der Waals surface area contributed by atoms with Gasteiger partial charge in [-0.05, 0) is 71.4 Å². The number of nitrogens with zero attached hydrogens (tertiary/aromatic N) is 4. The first kappa shape index (κ1) is 31.7. The van der Waals surface area contributed by atoms with Gasteiger partial charge in [0.25, 0.3) is 11.8 Å². The maximum Gasteiger partial charge on any atom is 0.279 e. The van der Waals surface area contributed by atoms with Gasteiger partial charge in [-0.25, -0.2) is 0 Å². The van der Waals surface area contributed by atoms with Crippen LogP contribution in [0, 0.1) is 24.7 Å². The van der Waals surface area contributed by atoms with Crippen LogP contribution in [0.15, 0.2) is 131 Å². The molecule has 0 aliphatic rings. The molecule has 0 bridgehead atoms. The molecule has 0 N–H and O–H groups in total. The lowest BCUT2D eigenvalue weighted by molar-refractivity contribution is 0.0989. The molecule has 7 nitrogen and oxygen atoms in total. The lowest BCUT2D eigenvalue weighted by Crippen LogP contribution is -2.16. The van der Waals surface area contributed by atoms with Crippen LogP contribution in [0.2, 0.25) is 0 Å². The first-order chi connectivity index (χ1) is 25.0. The normalized spacial score (nSPS) is 12.0. The average molecular weight is 699 g/mol. The van der Waals surface area contributed by atoms with Crippen LogP contribution >= 0.6 is 22.7 Å². The minimum atomic E-state index is -0.384. The lowest BCUT2D eigenvalue weighted by Gasteiger charge is -2.06. The van der Waals surface area contributed by atoms with Crippen LogP contribution in [0.1, 0.15) is 20.7 Å². The van der Waals surface area contributed by atoms with Crippen LogP contribution in [-0.4, -0.2) is 20.9 Å². The van der Waals surface area contributed by atoms with Crippen LogP contribution < -0.4 is 14.3 Å². The van der Waals surface area contributed by atoms with Crippen molar-refractivity contribution >= 4 is 76.5 Å².